The van der Waals surface area contributed by atoms with Crippen molar-refractivity contribution in [3.63, 3.8) is 0 Å². The summed E-state index contributed by atoms with van der Waals surface area (Å²) in [5.74, 6) is 3.62. The zero-order valence-electron chi connectivity index (χ0n) is 16.4. The molecule has 1 N–H and O–H groups in total. The number of fused-ring (bicyclic) bond motifs is 1. The second-order valence-electron chi connectivity index (χ2n) is 6.37. The summed E-state index contributed by atoms with van der Waals surface area (Å²) in [6, 6.07) is 12.8. The van der Waals surface area contributed by atoms with Crippen LogP contribution < -0.4 is 19.5 Å². The van der Waals surface area contributed by atoms with Crippen LogP contribution in [0.3, 0.4) is 0 Å². The summed E-state index contributed by atoms with van der Waals surface area (Å²) in [7, 11) is 4.68. The van der Waals surface area contributed by atoms with Crippen LogP contribution in [0.25, 0.3) is 5.69 Å². The fraction of sp³-hybridized carbons (Fsp3) is 0.238. The summed E-state index contributed by atoms with van der Waals surface area (Å²) in [4.78, 5) is 13.2. The second-order valence-corrected chi connectivity index (χ2v) is 7.35. The predicted molar refractivity (Wildman–Crippen MR) is 113 cm³/mol. The lowest BCUT2D eigenvalue weighted by atomic mass is 10.1. The second kappa shape index (κ2) is 8.08. The van der Waals surface area contributed by atoms with E-state index in [2.05, 4.69) is 5.32 Å². The van der Waals surface area contributed by atoms with Crippen molar-refractivity contribution >= 4 is 23.5 Å². The summed E-state index contributed by atoms with van der Waals surface area (Å²) in [5.41, 5.74) is 3.20. The van der Waals surface area contributed by atoms with Gasteiger partial charge < -0.3 is 19.5 Å². The van der Waals surface area contributed by atoms with Crippen molar-refractivity contribution in [1.82, 2.24) is 9.78 Å². The van der Waals surface area contributed by atoms with Gasteiger partial charge in [0.1, 0.15) is 28.6 Å². The van der Waals surface area contributed by atoms with Gasteiger partial charge in [-0.15, -0.1) is 0 Å². The Bertz CT molecular complexity index is 1020. The number of carbonyl (C=O) groups is 1. The number of rotatable bonds is 6. The summed E-state index contributed by atoms with van der Waals surface area (Å²) >= 11 is 1.78. The first-order valence-corrected chi connectivity index (χ1v) is 10.2. The van der Waals surface area contributed by atoms with Crippen LogP contribution >= 0.6 is 11.8 Å². The van der Waals surface area contributed by atoms with E-state index in [1.807, 2.05) is 24.3 Å². The molecule has 7 nitrogen and oxygen atoms in total. The van der Waals surface area contributed by atoms with Crippen LogP contribution in [-0.4, -0.2) is 37.0 Å². The molecule has 1 aliphatic rings. The molecule has 0 fully saturated rings. The van der Waals surface area contributed by atoms with Gasteiger partial charge in [0.15, 0.2) is 0 Å². The highest BCUT2D eigenvalue weighted by molar-refractivity contribution is 7.98. The maximum absolute atomic E-state index is 13.2. The molecule has 8 heteroatoms. The molecule has 1 amide bonds. The van der Waals surface area contributed by atoms with Gasteiger partial charge in [0.05, 0.1) is 32.7 Å². The van der Waals surface area contributed by atoms with Crippen LogP contribution in [-0.2, 0) is 11.5 Å². The van der Waals surface area contributed by atoms with Crippen LogP contribution in [0.5, 0.6) is 17.2 Å². The van der Waals surface area contributed by atoms with Crippen molar-refractivity contribution in [3.05, 3.63) is 59.3 Å². The van der Waals surface area contributed by atoms with Crippen molar-refractivity contribution in [3.8, 4) is 22.9 Å². The molecule has 2 aromatic carbocycles. The Balaban J connectivity index is 1.75. The molecular weight excluding hydrogens is 390 g/mol. The minimum Gasteiger partial charge on any atom is -0.497 e. The third kappa shape index (κ3) is 3.51. The lowest BCUT2D eigenvalue weighted by molar-refractivity contribution is 0.102. The van der Waals surface area contributed by atoms with Crippen LogP contribution in [0, 0.1) is 0 Å². The average Bonchev–Trinajstić information content (AvgIpc) is 3.35. The number of anilines is 1. The van der Waals surface area contributed by atoms with Gasteiger partial charge in [-0.25, -0.2) is 4.68 Å². The number of benzene rings is 2. The van der Waals surface area contributed by atoms with Gasteiger partial charge in [-0.05, 0) is 36.4 Å². The molecule has 0 aliphatic carbocycles. The van der Waals surface area contributed by atoms with Crippen LogP contribution in [0.15, 0.2) is 42.5 Å². The minimum atomic E-state index is -0.311. The Labute approximate surface area is 173 Å². The topological polar surface area (TPSA) is 74.6 Å². The maximum atomic E-state index is 13.2. The third-order valence-corrected chi connectivity index (χ3v) is 5.73. The standard InChI is InChI=1S/C21H21N3O4S/c1-26-14-9-7-13(8-10-14)24-20(15-11-29-12-16(15)23-24)22-21(25)19-17(27-2)5-4-6-18(19)28-3/h4-10H,11-12H2,1-3H3,(H,22,25). The Hall–Kier alpha value is -3.13. The summed E-state index contributed by atoms with van der Waals surface area (Å²) in [6.07, 6.45) is 0. The highest BCUT2D eigenvalue weighted by Gasteiger charge is 2.27. The van der Waals surface area contributed by atoms with E-state index in [4.69, 9.17) is 19.3 Å². The van der Waals surface area contributed by atoms with Crippen LogP contribution in [0.4, 0.5) is 5.82 Å². The molecule has 0 unspecified atom stereocenters. The molecule has 0 spiro atoms. The van der Waals surface area contributed by atoms with Gasteiger partial charge in [0.25, 0.3) is 5.91 Å². The largest absolute Gasteiger partial charge is 0.497 e. The number of hydrogen-bond acceptors (Lipinski definition) is 6. The van der Waals surface area contributed by atoms with E-state index in [0.717, 1.165) is 34.2 Å². The average molecular weight is 411 g/mol. The molecule has 0 radical (unpaired) electrons. The Morgan fingerprint density at radius 3 is 2.31 bits per heavy atom. The van der Waals surface area contributed by atoms with Crippen molar-refractivity contribution in [2.24, 2.45) is 0 Å². The fourth-order valence-electron chi connectivity index (χ4n) is 3.30. The van der Waals surface area contributed by atoms with Crippen molar-refractivity contribution in [2.75, 3.05) is 26.6 Å². The van der Waals surface area contributed by atoms with Crippen molar-refractivity contribution in [2.45, 2.75) is 11.5 Å². The van der Waals surface area contributed by atoms with Gasteiger partial charge in [0, 0.05) is 17.1 Å². The number of methoxy groups -OCH3 is 3. The van der Waals surface area contributed by atoms with E-state index in [0.29, 0.717) is 22.9 Å². The smallest absolute Gasteiger partial charge is 0.264 e. The highest BCUT2D eigenvalue weighted by Crippen LogP contribution is 2.37. The Kier molecular flexibility index (Phi) is 5.35. The first-order valence-electron chi connectivity index (χ1n) is 9.01. The monoisotopic (exact) mass is 411 g/mol. The number of nitrogens with zero attached hydrogens (tertiary/aromatic N) is 2. The van der Waals surface area contributed by atoms with Gasteiger partial charge in [-0.1, -0.05) is 6.07 Å². The maximum Gasteiger partial charge on any atom is 0.264 e. The number of aromatic nitrogens is 2. The molecule has 150 valence electrons. The SMILES string of the molecule is COc1ccc(-n2nc3c(c2NC(=O)c2c(OC)cccc2OC)CSC3)cc1. The molecule has 3 aromatic rings. The van der Waals surface area contributed by atoms with Gasteiger partial charge in [0.2, 0.25) is 0 Å². The van der Waals surface area contributed by atoms with Gasteiger partial charge >= 0.3 is 0 Å². The Morgan fingerprint density at radius 1 is 1.00 bits per heavy atom. The van der Waals surface area contributed by atoms with Gasteiger partial charge in [-0.2, -0.15) is 16.9 Å². The number of hydrogen-bond donors (Lipinski definition) is 1. The fourth-order valence-corrected chi connectivity index (χ4v) is 4.33. The minimum absolute atomic E-state index is 0.311. The first kappa shape index (κ1) is 19.2. The molecular formula is C21H21N3O4S. The summed E-state index contributed by atoms with van der Waals surface area (Å²) in [6.45, 7) is 0. The molecule has 0 saturated heterocycles. The predicted octanol–water partition coefficient (Wildman–Crippen LogP) is 3.90. The van der Waals surface area contributed by atoms with Crippen LogP contribution in [0.1, 0.15) is 21.6 Å². The first-order chi connectivity index (χ1) is 14.2. The van der Waals surface area contributed by atoms with E-state index < -0.39 is 0 Å². The summed E-state index contributed by atoms with van der Waals surface area (Å²) in [5, 5.41) is 7.77. The quantitative estimate of drug-likeness (QED) is 0.663. The highest BCUT2D eigenvalue weighted by atomic mass is 32.2. The summed E-state index contributed by atoms with van der Waals surface area (Å²) < 4.78 is 17.8. The number of carbonyl (C=O) groups excluding carboxylic acids is 1. The van der Waals surface area contributed by atoms with E-state index in [1.165, 1.54) is 14.2 Å². The molecule has 0 bridgehead atoms. The molecule has 4 rings (SSSR count). The molecule has 1 aromatic heterocycles. The molecule has 0 saturated carbocycles. The lowest BCUT2D eigenvalue weighted by Gasteiger charge is -2.15. The van der Waals surface area contributed by atoms with E-state index in [1.54, 1.807) is 41.8 Å². The van der Waals surface area contributed by atoms with E-state index in [9.17, 15) is 4.79 Å². The molecule has 0 atom stereocenters. The van der Waals surface area contributed by atoms with Gasteiger partial charge in [-0.3, -0.25) is 4.79 Å². The van der Waals surface area contributed by atoms with E-state index >= 15 is 0 Å². The number of amides is 1. The zero-order valence-corrected chi connectivity index (χ0v) is 17.2. The molecule has 29 heavy (non-hydrogen) atoms. The lowest BCUT2D eigenvalue weighted by Crippen LogP contribution is -2.18. The normalized spacial score (nSPS) is 12.4. The number of thioether (sulfide) groups is 1. The van der Waals surface area contributed by atoms with Crippen molar-refractivity contribution in [1.29, 1.82) is 0 Å². The Morgan fingerprint density at radius 2 is 1.69 bits per heavy atom. The number of ether oxygens (including phenoxy) is 3. The van der Waals surface area contributed by atoms with E-state index in [-0.39, 0.29) is 5.91 Å². The van der Waals surface area contributed by atoms with Crippen molar-refractivity contribution < 1.29 is 19.0 Å². The molecule has 1 aliphatic heterocycles. The third-order valence-electron chi connectivity index (χ3n) is 4.76. The zero-order chi connectivity index (χ0) is 20.4. The molecule has 2 heterocycles. The van der Waals surface area contributed by atoms with Crippen LogP contribution in [0.2, 0.25) is 0 Å². The number of nitrogens with one attached hydrogen (secondary N) is 1.